The number of benzene rings is 2. The normalized spacial score (nSPS) is 23.3. The van der Waals surface area contributed by atoms with E-state index in [4.69, 9.17) is 0 Å². The van der Waals surface area contributed by atoms with Crippen molar-refractivity contribution < 1.29 is 9.18 Å². The van der Waals surface area contributed by atoms with Crippen LogP contribution >= 0.6 is 0 Å². The lowest BCUT2D eigenvalue weighted by atomic mass is 9.91. The van der Waals surface area contributed by atoms with Crippen molar-refractivity contribution in [2.45, 2.75) is 20.3 Å². The average molecular weight is 365 g/mol. The summed E-state index contributed by atoms with van der Waals surface area (Å²) < 4.78 is 13.3. The molecule has 1 saturated heterocycles. The number of nitrogens with zero attached hydrogens (tertiary/aromatic N) is 1. The molecule has 5 heteroatoms. The smallest absolute Gasteiger partial charge is 0.257 e. The maximum Gasteiger partial charge on any atom is 0.257 e. The molecule has 0 spiro atoms. The Bertz CT molecular complexity index is 881. The van der Waals surface area contributed by atoms with Crippen LogP contribution in [0.15, 0.2) is 48.7 Å². The summed E-state index contributed by atoms with van der Waals surface area (Å²) in [5.41, 5.74) is 3.87. The molecule has 2 unspecified atom stereocenters. The fraction of sp³-hybridized carbons (Fsp3) is 0.318. The highest BCUT2D eigenvalue weighted by Gasteiger charge is 2.24. The largest absolute Gasteiger partial charge is 0.371 e. The number of carbonyl (C=O) groups excluding carboxylic acids is 1. The van der Waals surface area contributed by atoms with E-state index in [2.05, 4.69) is 41.5 Å². The molecule has 2 aliphatic rings. The third-order valence-electron chi connectivity index (χ3n) is 5.25. The summed E-state index contributed by atoms with van der Waals surface area (Å²) in [5.74, 6) is 0.834. The summed E-state index contributed by atoms with van der Waals surface area (Å²) in [6, 6.07) is 12.6. The van der Waals surface area contributed by atoms with Gasteiger partial charge in [-0.1, -0.05) is 13.8 Å². The number of halogens is 1. The van der Waals surface area contributed by atoms with E-state index in [1.54, 1.807) is 12.3 Å². The fourth-order valence-electron chi connectivity index (χ4n) is 4.11. The van der Waals surface area contributed by atoms with Gasteiger partial charge < -0.3 is 15.5 Å². The molecule has 4 nitrogen and oxygen atoms in total. The molecule has 2 heterocycles. The molecule has 1 amide bonds. The second-order valence-electron chi connectivity index (χ2n) is 7.74. The van der Waals surface area contributed by atoms with Crippen LogP contribution in [-0.2, 0) is 4.79 Å². The van der Waals surface area contributed by atoms with Crippen molar-refractivity contribution >= 4 is 28.5 Å². The van der Waals surface area contributed by atoms with Gasteiger partial charge in [-0.3, -0.25) is 4.79 Å². The monoisotopic (exact) mass is 365 g/mol. The van der Waals surface area contributed by atoms with Crippen molar-refractivity contribution in [1.29, 1.82) is 0 Å². The first-order valence-corrected chi connectivity index (χ1v) is 9.42. The molecule has 2 aromatic rings. The SMILES string of the molecule is CC1CC(C)CN(c2ccc(NC=C3C(=O)Nc4cc(F)ccc43)cc2)C1. The highest BCUT2D eigenvalue weighted by atomic mass is 19.1. The maximum atomic E-state index is 13.3. The van der Waals surface area contributed by atoms with E-state index in [0.29, 0.717) is 28.7 Å². The first kappa shape index (κ1) is 17.6. The molecule has 2 N–H and O–H groups in total. The van der Waals surface area contributed by atoms with E-state index in [1.807, 2.05) is 12.1 Å². The van der Waals surface area contributed by atoms with E-state index in [0.717, 1.165) is 18.8 Å². The summed E-state index contributed by atoms with van der Waals surface area (Å²) in [5, 5.41) is 5.88. The van der Waals surface area contributed by atoms with Gasteiger partial charge in [0, 0.05) is 36.2 Å². The Morgan fingerprint density at radius 2 is 1.81 bits per heavy atom. The highest BCUT2D eigenvalue weighted by Crippen LogP contribution is 2.32. The average Bonchev–Trinajstić information content (AvgIpc) is 2.93. The third-order valence-corrected chi connectivity index (χ3v) is 5.25. The molecular formula is C22H24FN3O. The van der Waals surface area contributed by atoms with Gasteiger partial charge in [-0.25, -0.2) is 4.39 Å². The minimum atomic E-state index is -0.361. The van der Waals surface area contributed by atoms with Crippen LogP contribution in [0.1, 0.15) is 25.8 Å². The lowest BCUT2D eigenvalue weighted by molar-refractivity contribution is -0.110. The predicted octanol–water partition coefficient (Wildman–Crippen LogP) is 4.71. The number of rotatable bonds is 3. The molecule has 1 fully saturated rings. The minimum Gasteiger partial charge on any atom is -0.371 e. The topological polar surface area (TPSA) is 44.4 Å². The standard InChI is InChI=1S/C22H24FN3O/c1-14-9-15(2)13-26(12-14)18-6-4-17(5-7-18)24-11-20-19-8-3-16(23)10-21(19)25-22(20)27/h3-8,10-11,14-15,24H,9,12-13H2,1-2H3,(H,25,27). The Hall–Kier alpha value is -2.82. The molecule has 2 atom stereocenters. The second kappa shape index (κ2) is 7.06. The van der Waals surface area contributed by atoms with Gasteiger partial charge in [0.25, 0.3) is 5.91 Å². The van der Waals surface area contributed by atoms with Gasteiger partial charge >= 0.3 is 0 Å². The highest BCUT2D eigenvalue weighted by molar-refractivity contribution is 6.31. The minimum absolute atomic E-state index is 0.226. The molecule has 27 heavy (non-hydrogen) atoms. The van der Waals surface area contributed by atoms with E-state index < -0.39 is 0 Å². The van der Waals surface area contributed by atoms with E-state index in [-0.39, 0.29) is 11.7 Å². The van der Waals surface area contributed by atoms with Gasteiger partial charge in [-0.05, 0) is 60.7 Å². The number of fused-ring (bicyclic) bond motifs is 1. The second-order valence-corrected chi connectivity index (χ2v) is 7.74. The zero-order valence-electron chi connectivity index (χ0n) is 15.6. The van der Waals surface area contributed by atoms with Crippen LogP contribution in [0.25, 0.3) is 5.57 Å². The van der Waals surface area contributed by atoms with Crippen molar-refractivity contribution in [1.82, 2.24) is 0 Å². The molecule has 4 rings (SSSR count). The van der Waals surface area contributed by atoms with Crippen molar-refractivity contribution in [2.24, 2.45) is 11.8 Å². The number of nitrogens with one attached hydrogen (secondary N) is 2. The van der Waals surface area contributed by atoms with E-state index in [9.17, 15) is 9.18 Å². The van der Waals surface area contributed by atoms with E-state index in [1.165, 1.54) is 24.2 Å². The Kier molecular flexibility index (Phi) is 4.60. The molecule has 0 aliphatic carbocycles. The molecule has 0 bridgehead atoms. The van der Waals surface area contributed by atoms with Gasteiger partial charge in [0.05, 0.1) is 11.3 Å². The summed E-state index contributed by atoms with van der Waals surface area (Å²) in [6.07, 6.45) is 2.97. The quantitative estimate of drug-likeness (QED) is 0.774. The van der Waals surface area contributed by atoms with Gasteiger partial charge in [0.2, 0.25) is 0 Å². The molecule has 140 valence electrons. The van der Waals surface area contributed by atoms with Crippen LogP contribution in [0, 0.1) is 17.7 Å². The molecule has 0 saturated carbocycles. The first-order chi connectivity index (χ1) is 13.0. The Morgan fingerprint density at radius 1 is 1.11 bits per heavy atom. The van der Waals surface area contributed by atoms with Crippen LogP contribution in [0.2, 0.25) is 0 Å². The number of amides is 1. The van der Waals surface area contributed by atoms with Crippen LogP contribution < -0.4 is 15.5 Å². The zero-order chi connectivity index (χ0) is 19.0. The third kappa shape index (κ3) is 3.68. The summed E-state index contributed by atoms with van der Waals surface area (Å²) >= 11 is 0. The maximum absolute atomic E-state index is 13.3. The van der Waals surface area contributed by atoms with Crippen molar-refractivity contribution in [2.75, 3.05) is 28.6 Å². The lowest BCUT2D eigenvalue weighted by Crippen LogP contribution is -2.38. The van der Waals surface area contributed by atoms with Gasteiger partial charge in [-0.15, -0.1) is 0 Å². The van der Waals surface area contributed by atoms with Crippen LogP contribution in [-0.4, -0.2) is 19.0 Å². The van der Waals surface area contributed by atoms with Gasteiger partial charge in [0.15, 0.2) is 0 Å². The van der Waals surface area contributed by atoms with E-state index >= 15 is 0 Å². The van der Waals surface area contributed by atoms with Gasteiger partial charge in [0.1, 0.15) is 5.82 Å². The molecular weight excluding hydrogens is 341 g/mol. The summed E-state index contributed by atoms with van der Waals surface area (Å²) in [7, 11) is 0. The Balaban J connectivity index is 1.48. The Morgan fingerprint density at radius 3 is 2.52 bits per heavy atom. The predicted molar refractivity (Wildman–Crippen MR) is 108 cm³/mol. The van der Waals surface area contributed by atoms with Crippen LogP contribution in [0.4, 0.5) is 21.5 Å². The summed E-state index contributed by atoms with van der Waals surface area (Å²) in [6.45, 7) is 6.80. The molecule has 0 aromatic heterocycles. The molecule has 2 aromatic carbocycles. The lowest BCUT2D eigenvalue weighted by Gasteiger charge is -2.36. The number of carbonyl (C=O) groups is 1. The van der Waals surface area contributed by atoms with Crippen molar-refractivity contribution in [3.05, 3.63) is 60.0 Å². The molecule has 2 aliphatic heterocycles. The van der Waals surface area contributed by atoms with Gasteiger partial charge in [-0.2, -0.15) is 0 Å². The number of hydrogen-bond donors (Lipinski definition) is 2. The number of anilines is 3. The van der Waals surface area contributed by atoms with Crippen LogP contribution in [0.5, 0.6) is 0 Å². The Labute approximate surface area is 159 Å². The summed E-state index contributed by atoms with van der Waals surface area (Å²) in [4.78, 5) is 14.6. The van der Waals surface area contributed by atoms with Crippen LogP contribution in [0.3, 0.4) is 0 Å². The van der Waals surface area contributed by atoms with Crippen molar-refractivity contribution in [3.8, 4) is 0 Å². The first-order valence-electron chi connectivity index (χ1n) is 9.42. The van der Waals surface area contributed by atoms with Crippen molar-refractivity contribution in [3.63, 3.8) is 0 Å². The number of piperidine rings is 1. The fourth-order valence-corrected chi connectivity index (χ4v) is 4.11. The zero-order valence-corrected chi connectivity index (χ0v) is 15.6. The number of hydrogen-bond acceptors (Lipinski definition) is 3. The molecule has 0 radical (unpaired) electrons.